The van der Waals surface area contributed by atoms with Crippen LogP contribution in [0.3, 0.4) is 0 Å². The summed E-state index contributed by atoms with van der Waals surface area (Å²) in [5.41, 5.74) is 6.09. The largest absolute Gasteiger partial charge is 0.368 e. The van der Waals surface area contributed by atoms with Crippen LogP contribution in [0.1, 0.15) is 70.1 Å². The number of aryl methyl sites for hydroxylation is 3. The van der Waals surface area contributed by atoms with Crippen molar-refractivity contribution in [2.75, 3.05) is 11.4 Å². The van der Waals surface area contributed by atoms with Gasteiger partial charge < -0.3 is 4.90 Å². The van der Waals surface area contributed by atoms with Crippen LogP contribution in [0.15, 0.2) is 12.1 Å². The molecule has 0 unspecified atom stereocenters. The number of anilines is 1. The van der Waals surface area contributed by atoms with E-state index in [1.165, 1.54) is 54.6 Å². The van der Waals surface area contributed by atoms with Crippen LogP contribution in [-0.4, -0.2) is 12.6 Å². The Hall–Kier alpha value is -0.980. The van der Waals surface area contributed by atoms with Gasteiger partial charge >= 0.3 is 0 Å². The van der Waals surface area contributed by atoms with Crippen molar-refractivity contribution >= 4 is 5.69 Å². The van der Waals surface area contributed by atoms with Crippen LogP contribution in [-0.2, 0) is 0 Å². The molecule has 1 nitrogen and oxygen atoms in total. The van der Waals surface area contributed by atoms with Crippen LogP contribution >= 0.6 is 0 Å². The summed E-state index contributed by atoms with van der Waals surface area (Å²) in [6.45, 7) is 17.5. The third kappa shape index (κ3) is 3.67. The van der Waals surface area contributed by atoms with Gasteiger partial charge in [-0.3, -0.25) is 0 Å². The van der Waals surface area contributed by atoms with E-state index in [0.29, 0.717) is 11.3 Å². The monoisotopic (exact) mass is 301 g/mol. The Morgan fingerprint density at radius 2 is 1.55 bits per heavy atom. The number of hydrogen-bond acceptors (Lipinski definition) is 1. The van der Waals surface area contributed by atoms with Crippen LogP contribution in [0, 0.1) is 32.1 Å². The molecule has 0 N–H and O–H groups in total. The Bertz CT molecular complexity index is 507. The maximum atomic E-state index is 2.74. The van der Waals surface area contributed by atoms with Gasteiger partial charge in [0.05, 0.1) is 0 Å². The SMILES string of the molecule is Cc1cc(C)c(N(CC(C)(C)C(C)C)C2CCCC2)cc1C. The third-order valence-corrected chi connectivity index (χ3v) is 6.03. The Morgan fingerprint density at radius 3 is 2.09 bits per heavy atom. The molecule has 0 amide bonds. The molecule has 0 saturated heterocycles. The molecule has 1 aromatic carbocycles. The number of nitrogens with zero attached hydrogens (tertiary/aromatic N) is 1. The fraction of sp³-hybridized carbons (Fsp3) is 0.714. The van der Waals surface area contributed by atoms with E-state index in [4.69, 9.17) is 0 Å². The van der Waals surface area contributed by atoms with E-state index < -0.39 is 0 Å². The fourth-order valence-electron chi connectivity index (χ4n) is 3.50. The van der Waals surface area contributed by atoms with Crippen molar-refractivity contribution in [2.45, 2.75) is 80.2 Å². The molecule has 1 aliphatic rings. The second kappa shape index (κ2) is 6.64. The van der Waals surface area contributed by atoms with Gasteiger partial charge in [0, 0.05) is 18.3 Å². The zero-order valence-electron chi connectivity index (χ0n) is 15.8. The highest BCUT2D eigenvalue weighted by atomic mass is 15.2. The standard InChI is InChI=1S/C21H35N/c1-15(2)21(6,7)14-22(19-10-8-9-11-19)20-13-17(4)16(3)12-18(20)5/h12-13,15,19H,8-11,14H2,1-7H3. The van der Waals surface area contributed by atoms with Crippen molar-refractivity contribution in [3.05, 3.63) is 28.8 Å². The molecule has 1 fully saturated rings. The van der Waals surface area contributed by atoms with Crippen LogP contribution in [0.25, 0.3) is 0 Å². The second-order valence-electron chi connectivity index (χ2n) is 8.43. The Kier molecular flexibility index (Phi) is 5.25. The van der Waals surface area contributed by atoms with E-state index in [2.05, 4.69) is 65.5 Å². The highest BCUT2D eigenvalue weighted by molar-refractivity contribution is 5.58. The molecule has 0 heterocycles. The maximum Gasteiger partial charge on any atom is 0.0401 e. The molecule has 1 aromatic rings. The summed E-state index contributed by atoms with van der Waals surface area (Å²) in [4.78, 5) is 2.74. The lowest BCUT2D eigenvalue weighted by Gasteiger charge is -2.41. The van der Waals surface area contributed by atoms with Gasteiger partial charge in [0.2, 0.25) is 0 Å². The first-order chi connectivity index (χ1) is 10.2. The molecule has 2 rings (SSSR count). The van der Waals surface area contributed by atoms with Gasteiger partial charge in [0.25, 0.3) is 0 Å². The minimum absolute atomic E-state index is 0.341. The Morgan fingerprint density at radius 1 is 1.00 bits per heavy atom. The number of benzene rings is 1. The van der Waals surface area contributed by atoms with Gasteiger partial charge in [-0.15, -0.1) is 0 Å². The summed E-state index contributed by atoms with van der Waals surface area (Å²) < 4.78 is 0. The molecule has 0 spiro atoms. The van der Waals surface area contributed by atoms with Gasteiger partial charge in [-0.1, -0.05) is 46.6 Å². The van der Waals surface area contributed by atoms with Crippen LogP contribution in [0.2, 0.25) is 0 Å². The molecule has 0 bridgehead atoms. The molecule has 0 aliphatic heterocycles. The maximum absolute atomic E-state index is 2.74. The normalized spacial score (nSPS) is 16.5. The lowest BCUT2D eigenvalue weighted by molar-refractivity contribution is 0.247. The Balaban J connectivity index is 2.38. The minimum Gasteiger partial charge on any atom is -0.368 e. The topological polar surface area (TPSA) is 3.24 Å². The summed E-state index contributed by atoms with van der Waals surface area (Å²) in [6.07, 6.45) is 5.52. The summed E-state index contributed by atoms with van der Waals surface area (Å²) in [6, 6.07) is 5.54. The van der Waals surface area contributed by atoms with Crippen molar-refractivity contribution in [3.8, 4) is 0 Å². The highest BCUT2D eigenvalue weighted by Gasteiger charge is 2.31. The van der Waals surface area contributed by atoms with Gasteiger partial charge in [-0.25, -0.2) is 0 Å². The van der Waals surface area contributed by atoms with E-state index >= 15 is 0 Å². The smallest absolute Gasteiger partial charge is 0.0401 e. The molecule has 1 saturated carbocycles. The van der Waals surface area contributed by atoms with Gasteiger partial charge in [0.1, 0.15) is 0 Å². The van der Waals surface area contributed by atoms with E-state index in [-0.39, 0.29) is 0 Å². The molecule has 22 heavy (non-hydrogen) atoms. The van der Waals surface area contributed by atoms with Gasteiger partial charge in [-0.2, -0.15) is 0 Å². The zero-order chi connectivity index (χ0) is 16.5. The van der Waals surface area contributed by atoms with E-state index in [9.17, 15) is 0 Å². The molecule has 0 atom stereocenters. The molecule has 0 aromatic heterocycles. The molecular formula is C21H35N. The predicted octanol–water partition coefficient (Wildman–Crippen LogP) is 6.04. The van der Waals surface area contributed by atoms with Crippen molar-refractivity contribution in [2.24, 2.45) is 11.3 Å². The number of rotatable bonds is 5. The predicted molar refractivity (Wildman–Crippen MR) is 98.9 cm³/mol. The van der Waals surface area contributed by atoms with E-state index in [1.807, 2.05) is 0 Å². The lowest BCUT2D eigenvalue weighted by atomic mass is 9.80. The molecule has 0 radical (unpaired) electrons. The average molecular weight is 302 g/mol. The highest BCUT2D eigenvalue weighted by Crippen LogP contribution is 2.36. The molecule has 1 heteroatoms. The van der Waals surface area contributed by atoms with Crippen LogP contribution < -0.4 is 4.90 Å². The van der Waals surface area contributed by atoms with Crippen molar-refractivity contribution in [1.29, 1.82) is 0 Å². The van der Waals surface area contributed by atoms with Crippen LogP contribution in [0.5, 0.6) is 0 Å². The quantitative estimate of drug-likeness (QED) is 0.640. The van der Waals surface area contributed by atoms with Crippen molar-refractivity contribution < 1.29 is 0 Å². The first kappa shape index (κ1) is 17.4. The lowest BCUT2D eigenvalue weighted by Crippen LogP contribution is -2.43. The fourth-order valence-corrected chi connectivity index (χ4v) is 3.50. The number of hydrogen-bond donors (Lipinski definition) is 0. The second-order valence-corrected chi connectivity index (χ2v) is 8.43. The summed E-state index contributed by atoms with van der Waals surface area (Å²) in [7, 11) is 0. The van der Waals surface area contributed by atoms with Gasteiger partial charge in [0.15, 0.2) is 0 Å². The van der Waals surface area contributed by atoms with Crippen LogP contribution in [0.4, 0.5) is 5.69 Å². The molecule has 1 aliphatic carbocycles. The third-order valence-electron chi connectivity index (χ3n) is 6.03. The molecular weight excluding hydrogens is 266 g/mol. The van der Waals surface area contributed by atoms with Crippen molar-refractivity contribution in [3.63, 3.8) is 0 Å². The first-order valence-corrected chi connectivity index (χ1v) is 9.07. The average Bonchev–Trinajstić information content (AvgIpc) is 2.94. The minimum atomic E-state index is 0.341. The molecule has 124 valence electrons. The first-order valence-electron chi connectivity index (χ1n) is 9.07. The summed E-state index contributed by atoms with van der Waals surface area (Å²) >= 11 is 0. The van der Waals surface area contributed by atoms with Gasteiger partial charge in [-0.05, 0) is 67.7 Å². The van der Waals surface area contributed by atoms with E-state index in [0.717, 1.165) is 6.04 Å². The Labute approximate surface area is 138 Å². The van der Waals surface area contributed by atoms with E-state index in [1.54, 1.807) is 0 Å². The summed E-state index contributed by atoms with van der Waals surface area (Å²) in [5.74, 6) is 0.697. The van der Waals surface area contributed by atoms with Crippen molar-refractivity contribution in [1.82, 2.24) is 0 Å². The zero-order valence-corrected chi connectivity index (χ0v) is 15.8. The summed E-state index contributed by atoms with van der Waals surface area (Å²) in [5, 5.41) is 0.